The second-order valence-electron chi connectivity index (χ2n) is 5.11. The first-order valence-electron chi connectivity index (χ1n) is 6.78. The van der Waals surface area contributed by atoms with E-state index in [9.17, 15) is 10.1 Å². The predicted molar refractivity (Wildman–Crippen MR) is 72.0 cm³/mol. The van der Waals surface area contributed by atoms with E-state index in [0.717, 1.165) is 32.5 Å². The smallest absolute Gasteiger partial charge is 0.404 e. The van der Waals surface area contributed by atoms with Crippen LogP contribution in [-0.4, -0.2) is 36.5 Å². The number of furan rings is 1. The monoisotopic (exact) mass is 267 g/mol. The molecule has 19 heavy (non-hydrogen) atoms. The van der Waals surface area contributed by atoms with Gasteiger partial charge in [-0.1, -0.05) is 6.92 Å². The van der Waals surface area contributed by atoms with Crippen molar-refractivity contribution in [1.82, 2.24) is 10.2 Å². The minimum absolute atomic E-state index is 0.137. The highest BCUT2D eigenvalue weighted by atomic mass is 16.6. The minimum atomic E-state index is -0.483. The van der Waals surface area contributed by atoms with Gasteiger partial charge in [0, 0.05) is 0 Å². The summed E-state index contributed by atoms with van der Waals surface area (Å²) in [4.78, 5) is 12.4. The molecule has 1 aliphatic rings. The number of likely N-dealkylation sites (tertiary alicyclic amines) is 1. The van der Waals surface area contributed by atoms with Crippen LogP contribution in [0.5, 0.6) is 0 Å². The van der Waals surface area contributed by atoms with Gasteiger partial charge in [0.1, 0.15) is 10.7 Å². The number of nitro groups is 1. The Hall–Kier alpha value is -1.40. The number of hydrogen-bond acceptors (Lipinski definition) is 5. The fourth-order valence-corrected chi connectivity index (χ4v) is 2.75. The summed E-state index contributed by atoms with van der Waals surface area (Å²) in [7, 11) is 2.04. The third-order valence-corrected chi connectivity index (χ3v) is 3.69. The fourth-order valence-electron chi connectivity index (χ4n) is 2.75. The molecule has 2 rings (SSSR count). The van der Waals surface area contributed by atoms with Crippen molar-refractivity contribution < 1.29 is 9.34 Å². The van der Waals surface area contributed by atoms with Crippen LogP contribution in [0.2, 0.25) is 0 Å². The van der Waals surface area contributed by atoms with Gasteiger partial charge in [-0.15, -0.1) is 0 Å². The van der Waals surface area contributed by atoms with Gasteiger partial charge in [-0.25, -0.2) is 0 Å². The summed E-state index contributed by atoms with van der Waals surface area (Å²) in [6.45, 7) is 5.07. The molecule has 2 atom stereocenters. The second-order valence-corrected chi connectivity index (χ2v) is 5.11. The topological polar surface area (TPSA) is 71.5 Å². The first kappa shape index (κ1) is 14.0. The minimum Gasteiger partial charge on any atom is -0.404 e. The maximum Gasteiger partial charge on any atom is 0.433 e. The maximum atomic E-state index is 10.7. The van der Waals surface area contributed by atoms with E-state index in [1.54, 1.807) is 6.07 Å². The van der Waals surface area contributed by atoms with Gasteiger partial charge in [-0.2, -0.15) is 0 Å². The lowest BCUT2D eigenvalue weighted by atomic mass is 9.98. The summed E-state index contributed by atoms with van der Waals surface area (Å²) in [5.74, 6) is 0.980. The third kappa shape index (κ3) is 3.13. The molecule has 1 aliphatic heterocycles. The van der Waals surface area contributed by atoms with Gasteiger partial charge in [-0.3, -0.25) is 15.0 Å². The Balaban J connectivity index is 2.07. The highest BCUT2D eigenvalue weighted by Crippen LogP contribution is 2.37. The normalized spacial score (nSPS) is 23.9. The van der Waals surface area contributed by atoms with Gasteiger partial charge in [0.15, 0.2) is 0 Å². The highest BCUT2D eigenvalue weighted by Gasteiger charge is 2.35. The molecular formula is C13H21N3O3. The molecule has 0 bridgehead atoms. The van der Waals surface area contributed by atoms with Crippen molar-refractivity contribution >= 4 is 5.88 Å². The van der Waals surface area contributed by atoms with Gasteiger partial charge in [0.25, 0.3) is 0 Å². The van der Waals surface area contributed by atoms with E-state index in [-0.39, 0.29) is 11.9 Å². The maximum absolute atomic E-state index is 10.7. The molecule has 1 aromatic rings. The zero-order valence-corrected chi connectivity index (χ0v) is 11.5. The van der Waals surface area contributed by atoms with Crippen LogP contribution in [0.3, 0.4) is 0 Å². The third-order valence-electron chi connectivity index (χ3n) is 3.69. The second kappa shape index (κ2) is 6.16. The SMILES string of the molecule is CCCNCC1CCN(C)C1c1ccc([N+](=O)[O-])o1. The summed E-state index contributed by atoms with van der Waals surface area (Å²) in [6.07, 6.45) is 2.20. The van der Waals surface area contributed by atoms with Gasteiger partial charge >= 0.3 is 5.88 Å². The van der Waals surface area contributed by atoms with Crippen LogP contribution < -0.4 is 5.32 Å². The van der Waals surface area contributed by atoms with Crippen LogP contribution in [0.25, 0.3) is 0 Å². The Morgan fingerprint density at radius 2 is 2.37 bits per heavy atom. The summed E-state index contributed by atoms with van der Waals surface area (Å²) < 4.78 is 5.37. The standard InChI is InChI=1S/C13H21N3O3/c1-3-7-14-9-10-6-8-15(2)13(10)11-4-5-12(19-11)16(17)18/h4-5,10,13-14H,3,6-9H2,1-2H3. The van der Waals surface area contributed by atoms with Crippen LogP contribution in [0.1, 0.15) is 31.6 Å². The molecule has 0 amide bonds. The molecule has 6 heteroatoms. The van der Waals surface area contributed by atoms with Crippen LogP contribution in [-0.2, 0) is 0 Å². The van der Waals surface area contributed by atoms with Crippen LogP contribution in [0.4, 0.5) is 5.88 Å². The van der Waals surface area contributed by atoms with Gasteiger partial charge < -0.3 is 9.73 Å². The van der Waals surface area contributed by atoms with Crippen molar-refractivity contribution in [2.24, 2.45) is 5.92 Å². The van der Waals surface area contributed by atoms with E-state index in [1.807, 2.05) is 7.05 Å². The van der Waals surface area contributed by atoms with E-state index < -0.39 is 4.92 Å². The number of nitrogens with one attached hydrogen (secondary N) is 1. The molecule has 0 saturated carbocycles. The first-order valence-corrected chi connectivity index (χ1v) is 6.78. The zero-order chi connectivity index (χ0) is 13.8. The van der Waals surface area contributed by atoms with Crippen molar-refractivity contribution in [2.45, 2.75) is 25.8 Å². The van der Waals surface area contributed by atoms with Crippen LogP contribution in [0.15, 0.2) is 16.5 Å². The molecule has 2 heterocycles. The largest absolute Gasteiger partial charge is 0.433 e. The molecule has 1 fully saturated rings. The summed E-state index contributed by atoms with van der Waals surface area (Å²) in [6, 6.07) is 3.31. The summed E-state index contributed by atoms with van der Waals surface area (Å²) in [5, 5.41) is 14.1. The van der Waals surface area contributed by atoms with Crippen LogP contribution in [0, 0.1) is 16.0 Å². The lowest BCUT2D eigenvalue weighted by Gasteiger charge is -2.23. The average Bonchev–Trinajstić information content (AvgIpc) is 2.96. The van der Waals surface area contributed by atoms with E-state index in [4.69, 9.17) is 4.42 Å². The van der Waals surface area contributed by atoms with E-state index >= 15 is 0 Å². The molecule has 1 aromatic heterocycles. The summed E-state index contributed by atoms with van der Waals surface area (Å²) in [5.41, 5.74) is 0. The van der Waals surface area contributed by atoms with E-state index in [2.05, 4.69) is 17.1 Å². The van der Waals surface area contributed by atoms with Gasteiger partial charge in [-0.05, 0) is 51.5 Å². The lowest BCUT2D eigenvalue weighted by molar-refractivity contribution is -0.402. The van der Waals surface area contributed by atoms with Gasteiger partial charge in [0.2, 0.25) is 0 Å². The Morgan fingerprint density at radius 3 is 3.00 bits per heavy atom. The quantitative estimate of drug-likeness (QED) is 0.486. The molecule has 6 nitrogen and oxygen atoms in total. The molecule has 0 aliphatic carbocycles. The molecule has 0 aromatic carbocycles. The molecule has 1 N–H and O–H groups in total. The Morgan fingerprint density at radius 1 is 1.58 bits per heavy atom. The predicted octanol–water partition coefficient (Wildman–Crippen LogP) is 2.18. The molecule has 0 radical (unpaired) electrons. The average molecular weight is 267 g/mol. The highest BCUT2D eigenvalue weighted by molar-refractivity contribution is 5.21. The molecule has 0 spiro atoms. The molecule has 106 valence electrons. The molecule has 1 saturated heterocycles. The van der Waals surface area contributed by atoms with E-state index in [0.29, 0.717) is 11.7 Å². The van der Waals surface area contributed by atoms with Crippen molar-refractivity contribution in [3.8, 4) is 0 Å². The zero-order valence-electron chi connectivity index (χ0n) is 11.5. The lowest BCUT2D eigenvalue weighted by Crippen LogP contribution is -2.28. The fraction of sp³-hybridized carbons (Fsp3) is 0.692. The van der Waals surface area contributed by atoms with Crippen molar-refractivity contribution in [3.63, 3.8) is 0 Å². The van der Waals surface area contributed by atoms with Gasteiger partial charge in [0.05, 0.1) is 12.1 Å². The van der Waals surface area contributed by atoms with Crippen LogP contribution >= 0.6 is 0 Å². The number of nitrogens with zero attached hydrogens (tertiary/aromatic N) is 2. The Labute approximate surface area is 112 Å². The number of rotatable bonds is 6. The number of hydrogen-bond donors (Lipinski definition) is 1. The Bertz CT molecular complexity index is 433. The summed E-state index contributed by atoms with van der Waals surface area (Å²) >= 11 is 0. The van der Waals surface area contributed by atoms with Crippen molar-refractivity contribution in [1.29, 1.82) is 0 Å². The first-order chi connectivity index (χ1) is 9.13. The van der Waals surface area contributed by atoms with Crippen molar-refractivity contribution in [2.75, 3.05) is 26.7 Å². The van der Waals surface area contributed by atoms with Crippen molar-refractivity contribution in [3.05, 3.63) is 28.0 Å². The molecular weight excluding hydrogens is 246 g/mol. The van der Waals surface area contributed by atoms with E-state index in [1.165, 1.54) is 6.07 Å². The molecule has 2 unspecified atom stereocenters. The Kier molecular flexibility index (Phi) is 4.55.